The number of nitrogens with zero attached hydrogens (tertiary/aromatic N) is 1. The highest BCUT2D eigenvalue weighted by Gasteiger charge is 2.07. The number of rotatable bonds is 1. The van der Waals surface area contributed by atoms with Crippen LogP contribution in [0.4, 0.5) is 4.39 Å². The number of H-pyrrole nitrogens is 1. The van der Waals surface area contributed by atoms with Crippen LogP contribution >= 0.6 is 27.5 Å². The summed E-state index contributed by atoms with van der Waals surface area (Å²) in [6.07, 6.45) is 0. The summed E-state index contributed by atoms with van der Waals surface area (Å²) < 4.78 is 13.7. The van der Waals surface area contributed by atoms with E-state index in [9.17, 15) is 4.39 Å². The maximum absolute atomic E-state index is 12.9. The molecule has 2 aromatic rings. The lowest BCUT2D eigenvalue weighted by molar-refractivity contribution is 0.628. The molecule has 2 rings (SSSR count). The van der Waals surface area contributed by atoms with Crippen LogP contribution in [0.25, 0.3) is 11.3 Å². The first-order valence-corrected chi connectivity index (χ1v) is 5.00. The van der Waals surface area contributed by atoms with Crippen LogP contribution in [0.2, 0.25) is 5.02 Å². The molecule has 0 spiro atoms. The third kappa shape index (κ3) is 1.81. The Balaban J connectivity index is 2.55. The highest BCUT2D eigenvalue weighted by atomic mass is 79.9. The molecule has 1 N–H and O–H groups in total. The second-order valence-corrected chi connectivity index (χ2v) is 3.99. The van der Waals surface area contributed by atoms with Crippen molar-refractivity contribution in [3.63, 3.8) is 0 Å². The van der Waals surface area contributed by atoms with Gasteiger partial charge in [-0.2, -0.15) is 5.10 Å². The smallest absolute Gasteiger partial charge is 0.123 e. The van der Waals surface area contributed by atoms with Gasteiger partial charge in [0.2, 0.25) is 0 Å². The molecule has 0 saturated carbocycles. The Morgan fingerprint density at radius 1 is 1.36 bits per heavy atom. The summed E-state index contributed by atoms with van der Waals surface area (Å²) >= 11 is 9.12. The Morgan fingerprint density at radius 2 is 2.14 bits per heavy atom. The van der Waals surface area contributed by atoms with Gasteiger partial charge in [0.1, 0.15) is 10.4 Å². The van der Waals surface area contributed by atoms with Crippen molar-refractivity contribution in [2.45, 2.75) is 0 Å². The van der Waals surface area contributed by atoms with E-state index in [1.165, 1.54) is 18.2 Å². The maximum Gasteiger partial charge on any atom is 0.123 e. The molecule has 0 atom stereocenters. The van der Waals surface area contributed by atoms with Crippen LogP contribution in [0.3, 0.4) is 0 Å². The Morgan fingerprint density at radius 3 is 2.79 bits per heavy atom. The molecule has 1 aromatic heterocycles. The van der Waals surface area contributed by atoms with E-state index < -0.39 is 0 Å². The van der Waals surface area contributed by atoms with E-state index in [4.69, 9.17) is 11.6 Å². The van der Waals surface area contributed by atoms with Gasteiger partial charge in [0, 0.05) is 5.56 Å². The minimum atomic E-state index is -0.330. The number of hydrogen-bond acceptors (Lipinski definition) is 1. The Bertz CT molecular complexity index is 470. The zero-order chi connectivity index (χ0) is 10.1. The maximum atomic E-state index is 12.9. The van der Waals surface area contributed by atoms with Gasteiger partial charge in [-0.3, -0.25) is 5.10 Å². The summed E-state index contributed by atoms with van der Waals surface area (Å²) in [5.74, 6) is -0.330. The number of aromatic nitrogens is 2. The predicted octanol–water partition coefficient (Wildman–Crippen LogP) is 3.63. The molecule has 0 saturated heterocycles. The molecular weight excluding hydrogens is 270 g/mol. The lowest BCUT2D eigenvalue weighted by Gasteiger charge is -1.99. The normalized spacial score (nSPS) is 10.5. The van der Waals surface area contributed by atoms with E-state index in [2.05, 4.69) is 26.1 Å². The third-order valence-electron chi connectivity index (χ3n) is 1.75. The van der Waals surface area contributed by atoms with Crippen LogP contribution in [0.5, 0.6) is 0 Å². The predicted molar refractivity (Wildman–Crippen MR) is 56.7 cm³/mol. The standard InChI is InChI=1S/C9H5BrClFN2/c10-9-4-8(13-14-9)6-3-5(12)1-2-7(6)11/h1-4H,(H,13,14). The van der Waals surface area contributed by atoms with E-state index in [-0.39, 0.29) is 5.82 Å². The summed E-state index contributed by atoms with van der Waals surface area (Å²) in [5.41, 5.74) is 1.19. The van der Waals surface area contributed by atoms with Gasteiger partial charge in [-0.05, 0) is 40.2 Å². The van der Waals surface area contributed by atoms with Crippen LogP contribution < -0.4 is 0 Å². The van der Waals surface area contributed by atoms with Gasteiger partial charge in [0.15, 0.2) is 0 Å². The molecule has 1 aromatic carbocycles. The third-order valence-corrected chi connectivity index (χ3v) is 2.49. The zero-order valence-corrected chi connectivity index (χ0v) is 9.23. The molecule has 0 amide bonds. The van der Waals surface area contributed by atoms with Crippen molar-refractivity contribution >= 4 is 27.5 Å². The number of aromatic amines is 1. The van der Waals surface area contributed by atoms with E-state index in [0.29, 0.717) is 16.3 Å². The van der Waals surface area contributed by atoms with Gasteiger partial charge in [0.05, 0.1) is 10.7 Å². The fraction of sp³-hybridized carbons (Fsp3) is 0. The van der Waals surface area contributed by atoms with Crippen LogP contribution in [-0.4, -0.2) is 10.2 Å². The molecular formula is C9H5BrClFN2. The Labute approximate surface area is 93.2 Å². The molecule has 0 radical (unpaired) electrons. The summed E-state index contributed by atoms with van der Waals surface area (Å²) in [6.45, 7) is 0. The van der Waals surface area contributed by atoms with E-state index in [0.717, 1.165) is 4.60 Å². The van der Waals surface area contributed by atoms with Crippen molar-refractivity contribution in [2.75, 3.05) is 0 Å². The molecule has 0 aliphatic carbocycles. The lowest BCUT2D eigenvalue weighted by Crippen LogP contribution is -1.82. The average Bonchev–Trinajstić information content (AvgIpc) is 2.56. The molecule has 72 valence electrons. The van der Waals surface area contributed by atoms with E-state index in [1.54, 1.807) is 6.07 Å². The largest absolute Gasteiger partial charge is 0.271 e. The summed E-state index contributed by atoms with van der Waals surface area (Å²) in [5, 5.41) is 7.14. The van der Waals surface area contributed by atoms with Crippen LogP contribution in [0.1, 0.15) is 0 Å². The first-order valence-electron chi connectivity index (χ1n) is 3.83. The Hall–Kier alpha value is -0.870. The second-order valence-electron chi connectivity index (χ2n) is 2.73. The molecule has 1 heterocycles. The van der Waals surface area contributed by atoms with Gasteiger partial charge in [-0.1, -0.05) is 11.6 Å². The highest BCUT2D eigenvalue weighted by Crippen LogP contribution is 2.28. The van der Waals surface area contributed by atoms with Gasteiger partial charge < -0.3 is 0 Å². The van der Waals surface area contributed by atoms with Crippen molar-refractivity contribution < 1.29 is 4.39 Å². The topological polar surface area (TPSA) is 28.7 Å². The van der Waals surface area contributed by atoms with E-state index >= 15 is 0 Å². The fourth-order valence-corrected chi connectivity index (χ4v) is 1.65. The summed E-state index contributed by atoms with van der Waals surface area (Å²) in [6, 6.07) is 5.91. The van der Waals surface area contributed by atoms with Crippen molar-refractivity contribution in [1.82, 2.24) is 10.2 Å². The Kier molecular flexibility index (Phi) is 2.56. The molecule has 0 unspecified atom stereocenters. The lowest BCUT2D eigenvalue weighted by atomic mass is 10.1. The monoisotopic (exact) mass is 274 g/mol. The fourth-order valence-electron chi connectivity index (χ4n) is 1.13. The van der Waals surface area contributed by atoms with Crippen molar-refractivity contribution in [3.05, 3.63) is 39.7 Å². The highest BCUT2D eigenvalue weighted by molar-refractivity contribution is 9.10. The molecule has 0 aliphatic rings. The number of benzene rings is 1. The van der Waals surface area contributed by atoms with Gasteiger partial charge >= 0.3 is 0 Å². The second kappa shape index (κ2) is 3.71. The molecule has 0 fully saturated rings. The van der Waals surface area contributed by atoms with Crippen molar-refractivity contribution in [3.8, 4) is 11.3 Å². The summed E-state index contributed by atoms with van der Waals surface area (Å²) in [4.78, 5) is 0. The molecule has 5 heteroatoms. The number of nitrogens with one attached hydrogen (secondary N) is 1. The van der Waals surface area contributed by atoms with E-state index in [1.807, 2.05) is 0 Å². The van der Waals surface area contributed by atoms with Crippen molar-refractivity contribution in [1.29, 1.82) is 0 Å². The van der Waals surface area contributed by atoms with Crippen molar-refractivity contribution in [2.24, 2.45) is 0 Å². The average molecular weight is 276 g/mol. The summed E-state index contributed by atoms with van der Waals surface area (Å²) in [7, 11) is 0. The molecule has 0 aliphatic heterocycles. The van der Waals surface area contributed by atoms with Gasteiger partial charge in [0.25, 0.3) is 0 Å². The zero-order valence-electron chi connectivity index (χ0n) is 6.89. The minimum absolute atomic E-state index is 0.330. The van der Waals surface area contributed by atoms with Gasteiger partial charge in [-0.25, -0.2) is 4.39 Å². The van der Waals surface area contributed by atoms with Crippen LogP contribution in [-0.2, 0) is 0 Å². The first-order chi connectivity index (χ1) is 6.66. The molecule has 14 heavy (non-hydrogen) atoms. The first kappa shape index (κ1) is 9.68. The molecule has 0 bridgehead atoms. The molecule has 2 nitrogen and oxygen atoms in total. The minimum Gasteiger partial charge on any atom is -0.271 e. The quantitative estimate of drug-likeness (QED) is 0.846. The van der Waals surface area contributed by atoms with Crippen LogP contribution in [0, 0.1) is 5.82 Å². The SMILES string of the molecule is Fc1ccc(Cl)c(-c2cc(Br)[nH]n2)c1. The number of halogens is 3. The van der Waals surface area contributed by atoms with Crippen LogP contribution in [0.15, 0.2) is 28.9 Å². The number of hydrogen-bond donors (Lipinski definition) is 1. The van der Waals surface area contributed by atoms with Gasteiger partial charge in [-0.15, -0.1) is 0 Å².